The first-order valence-electron chi connectivity index (χ1n) is 9.01. The molecule has 1 aromatic carbocycles. The van der Waals surface area contributed by atoms with Crippen LogP contribution in [-0.2, 0) is 10.4 Å². The van der Waals surface area contributed by atoms with E-state index in [1.807, 2.05) is 29.2 Å². The molecule has 0 unspecified atom stereocenters. The van der Waals surface area contributed by atoms with Gasteiger partial charge in [0, 0.05) is 30.5 Å². The van der Waals surface area contributed by atoms with E-state index in [1.165, 1.54) is 6.42 Å². The molecule has 0 bridgehead atoms. The fourth-order valence-electron chi connectivity index (χ4n) is 6.48. The standard InChI is InChI=1S/C19H24N2O2/c1-2-17-9-5-12-20-13-11-18(23)14-6-3-4-7-15(14)21(19(17,18)20)16(22)8-10-17/h3-4,6-7,23H,2,5,8-13H2,1H3/t17-,18-,19-/m0/s1. The summed E-state index contributed by atoms with van der Waals surface area (Å²) in [5.74, 6) is 0.186. The van der Waals surface area contributed by atoms with Crippen molar-refractivity contribution in [3.05, 3.63) is 29.8 Å². The maximum atomic E-state index is 13.0. The number of carbonyl (C=O) groups is 1. The van der Waals surface area contributed by atoms with Crippen molar-refractivity contribution in [3.63, 3.8) is 0 Å². The Bertz CT molecular complexity index is 704. The molecule has 122 valence electrons. The number of aliphatic hydroxyl groups is 1. The third-order valence-corrected chi connectivity index (χ3v) is 7.26. The molecule has 1 spiro atoms. The van der Waals surface area contributed by atoms with Crippen LogP contribution >= 0.6 is 0 Å². The monoisotopic (exact) mass is 312 g/mol. The number of benzene rings is 1. The van der Waals surface area contributed by atoms with Crippen LogP contribution < -0.4 is 4.90 Å². The van der Waals surface area contributed by atoms with E-state index in [-0.39, 0.29) is 11.3 Å². The largest absolute Gasteiger partial charge is 0.381 e. The number of nitrogens with zero attached hydrogens (tertiary/aromatic N) is 2. The second-order valence-electron chi connectivity index (χ2n) is 7.75. The van der Waals surface area contributed by atoms with Gasteiger partial charge in [-0.1, -0.05) is 25.1 Å². The Labute approximate surface area is 137 Å². The Morgan fingerprint density at radius 3 is 2.83 bits per heavy atom. The van der Waals surface area contributed by atoms with Crippen molar-refractivity contribution in [1.29, 1.82) is 0 Å². The molecule has 4 heterocycles. The third-order valence-electron chi connectivity index (χ3n) is 7.26. The van der Waals surface area contributed by atoms with Crippen LogP contribution in [-0.4, -0.2) is 34.7 Å². The maximum Gasteiger partial charge on any atom is 0.228 e. The molecule has 4 aliphatic rings. The molecular weight excluding hydrogens is 288 g/mol. The highest BCUT2D eigenvalue weighted by molar-refractivity contribution is 5.99. The first kappa shape index (κ1) is 14.0. The van der Waals surface area contributed by atoms with E-state index in [0.29, 0.717) is 6.42 Å². The van der Waals surface area contributed by atoms with Crippen molar-refractivity contribution in [3.8, 4) is 0 Å². The summed E-state index contributed by atoms with van der Waals surface area (Å²) in [5, 5.41) is 12.0. The Hall–Kier alpha value is -1.39. The minimum absolute atomic E-state index is 0.00340. The fourth-order valence-corrected chi connectivity index (χ4v) is 6.48. The van der Waals surface area contributed by atoms with Gasteiger partial charge in [0.1, 0.15) is 11.3 Å². The van der Waals surface area contributed by atoms with Gasteiger partial charge in [-0.15, -0.1) is 0 Å². The number of para-hydroxylation sites is 1. The second-order valence-corrected chi connectivity index (χ2v) is 7.75. The van der Waals surface area contributed by atoms with E-state index >= 15 is 0 Å². The highest BCUT2D eigenvalue weighted by Crippen LogP contribution is 2.69. The lowest BCUT2D eigenvalue weighted by molar-refractivity contribution is -0.176. The van der Waals surface area contributed by atoms with E-state index in [4.69, 9.17) is 0 Å². The van der Waals surface area contributed by atoms with Crippen LogP contribution in [0.3, 0.4) is 0 Å². The van der Waals surface area contributed by atoms with Gasteiger partial charge in [-0.2, -0.15) is 0 Å². The minimum Gasteiger partial charge on any atom is -0.381 e. The van der Waals surface area contributed by atoms with E-state index < -0.39 is 11.3 Å². The van der Waals surface area contributed by atoms with Gasteiger partial charge in [-0.3, -0.25) is 14.6 Å². The molecule has 1 N–H and O–H groups in total. The summed E-state index contributed by atoms with van der Waals surface area (Å²) in [5.41, 5.74) is 0.451. The quantitative estimate of drug-likeness (QED) is 0.867. The predicted molar refractivity (Wildman–Crippen MR) is 87.9 cm³/mol. The molecule has 3 atom stereocenters. The first-order chi connectivity index (χ1) is 11.1. The summed E-state index contributed by atoms with van der Waals surface area (Å²) in [6.07, 6.45) is 5.54. The van der Waals surface area contributed by atoms with Crippen LogP contribution in [0.15, 0.2) is 24.3 Å². The normalized spacial score (nSPS) is 41.7. The summed E-state index contributed by atoms with van der Waals surface area (Å²) in [7, 11) is 0. The SMILES string of the molecule is CC[C@]12CCCN3CC[C@]4(O)c5ccccc5N(C(=O)CC1)[C@@]324. The van der Waals surface area contributed by atoms with Crippen molar-refractivity contribution >= 4 is 11.6 Å². The van der Waals surface area contributed by atoms with Gasteiger partial charge in [-0.05, 0) is 38.2 Å². The molecule has 0 saturated carbocycles. The molecule has 1 aromatic rings. The van der Waals surface area contributed by atoms with E-state index in [2.05, 4.69) is 11.8 Å². The topological polar surface area (TPSA) is 43.8 Å². The number of hydrogen-bond donors (Lipinski definition) is 1. The highest BCUT2D eigenvalue weighted by Gasteiger charge is 2.77. The second kappa shape index (κ2) is 4.17. The number of rotatable bonds is 1. The zero-order valence-corrected chi connectivity index (χ0v) is 13.7. The van der Waals surface area contributed by atoms with E-state index in [9.17, 15) is 9.90 Å². The smallest absolute Gasteiger partial charge is 0.228 e. The zero-order chi connectivity index (χ0) is 15.9. The average Bonchev–Trinajstić information content (AvgIpc) is 3.00. The lowest BCUT2D eigenvalue weighted by atomic mass is 9.57. The molecule has 3 saturated heterocycles. The molecule has 0 aliphatic carbocycles. The number of piperidine rings is 2. The summed E-state index contributed by atoms with van der Waals surface area (Å²) < 4.78 is 0. The van der Waals surface area contributed by atoms with Crippen molar-refractivity contribution in [2.75, 3.05) is 18.0 Å². The van der Waals surface area contributed by atoms with Gasteiger partial charge in [-0.25, -0.2) is 0 Å². The Kier molecular flexibility index (Phi) is 2.54. The Balaban J connectivity index is 1.87. The van der Waals surface area contributed by atoms with E-state index in [0.717, 1.165) is 50.0 Å². The van der Waals surface area contributed by atoms with E-state index in [1.54, 1.807) is 0 Å². The van der Waals surface area contributed by atoms with Crippen LogP contribution in [0, 0.1) is 5.41 Å². The molecule has 4 heteroatoms. The van der Waals surface area contributed by atoms with Gasteiger partial charge in [0.25, 0.3) is 0 Å². The first-order valence-corrected chi connectivity index (χ1v) is 9.01. The molecular formula is C19H24N2O2. The highest BCUT2D eigenvalue weighted by atomic mass is 16.3. The minimum atomic E-state index is -0.921. The number of hydrogen-bond acceptors (Lipinski definition) is 3. The van der Waals surface area contributed by atoms with Gasteiger partial charge < -0.3 is 5.11 Å². The number of amides is 1. The molecule has 1 amide bonds. The average molecular weight is 312 g/mol. The maximum absolute atomic E-state index is 13.0. The summed E-state index contributed by atoms with van der Waals surface area (Å²) in [6.45, 7) is 4.12. The van der Waals surface area contributed by atoms with Gasteiger partial charge in [0.05, 0.1) is 5.69 Å². The van der Waals surface area contributed by atoms with Gasteiger partial charge >= 0.3 is 0 Å². The van der Waals surface area contributed by atoms with Gasteiger partial charge in [0.15, 0.2) is 0 Å². The van der Waals surface area contributed by atoms with Crippen molar-refractivity contribution in [1.82, 2.24) is 4.90 Å². The lowest BCUT2D eigenvalue weighted by Gasteiger charge is -2.64. The number of anilines is 1. The zero-order valence-electron chi connectivity index (χ0n) is 13.7. The van der Waals surface area contributed by atoms with Crippen LogP contribution in [0.25, 0.3) is 0 Å². The molecule has 23 heavy (non-hydrogen) atoms. The molecule has 4 nitrogen and oxygen atoms in total. The van der Waals surface area contributed by atoms with Crippen LogP contribution in [0.4, 0.5) is 5.69 Å². The van der Waals surface area contributed by atoms with Crippen molar-refractivity contribution in [2.45, 2.75) is 56.7 Å². The van der Waals surface area contributed by atoms with Gasteiger partial charge in [0.2, 0.25) is 5.91 Å². The molecule has 4 aliphatic heterocycles. The van der Waals surface area contributed by atoms with Crippen LogP contribution in [0.5, 0.6) is 0 Å². The van der Waals surface area contributed by atoms with Crippen molar-refractivity contribution in [2.24, 2.45) is 5.41 Å². The Morgan fingerprint density at radius 1 is 1.17 bits per heavy atom. The molecule has 0 radical (unpaired) electrons. The van der Waals surface area contributed by atoms with Crippen molar-refractivity contribution < 1.29 is 9.90 Å². The molecule has 5 rings (SSSR count). The lowest BCUT2D eigenvalue weighted by Crippen LogP contribution is -2.77. The van der Waals surface area contributed by atoms with Crippen LogP contribution in [0.1, 0.15) is 51.0 Å². The fraction of sp³-hybridized carbons (Fsp3) is 0.632. The molecule has 0 aromatic heterocycles. The molecule has 3 fully saturated rings. The third kappa shape index (κ3) is 1.25. The summed E-state index contributed by atoms with van der Waals surface area (Å²) in [4.78, 5) is 17.5. The predicted octanol–water partition coefficient (Wildman–Crippen LogP) is 2.61. The number of carbonyl (C=O) groups excluding carboxylic acids is 1. The Morgan fingerprint density at radius 2 is 2.00 bits per heavy atom. The summed E-state index contributed by atoms with van der Waals surface area (Å²) in [6, 6.07) is 8.04. The van der Waals surface area contributed by atoms with Crippen LogP contribution in [0.2, 0.25) is 0 Å². The number of fused-ring (bicyclic) bond motifs is 3. The summed E-state index contributed by atoms with van der Waals surface area (Å²) >= 11 is 0.